The van der Waals surface area contributed by atoms with Crippen molar-refractivity contribution in [3.8, 4) is 0 Å². The van der Waals surface area contributed by atoms with Crippen molar-refractivity contribution in [2.75, 3.05) is 6.54 Å². The van der Waals surface area contributed by atoms with Crippen molar-refractivity contribution in [1.82, 2.24) is 20.1 Å². The summed E-state index contributed by atoms with van der Waals surface area (Å²) < 4.78 is 29.6. The Kier molecular flexibility index (Phi) is 4.35. The minimum absolute atomic E-state index is 0.0352. The molecule has 1 saturated heterocycles. The molecule has 8 heteroatoms. The second-order valence-electron chi connectivity index (χ2n) is 6.55. The molecule has 1 atom stereocenters. The first kappa shape index (κ1) is 16.3. The highest BCUT2D eigenvalue weighted by atomic mass is 19.3. The second kappa shape index (κ2) is 6.14. The van der Waals surface area contributed by atoms with Gasteiger partial charge < -0.3 is 10.0 Å². The fraction of sp³-hybridized carbons (Fsp3) is 0.800. The van der Waals surface area contributed by atoms with Crippen LogP contribution in [0.4, 0.5) is 8.78 Å². The Labute approximate surface area is 133 Å². The average Bonchev–Trinajstić information content (AvgIpc) is 3.09. The van der Waals surface area contributed by atoms with Crippen molar-refractivity contribution < 1.29 is 18.7 Å². The number of hydrogen-bond donors (Lipinski definition) is 2. The minimum atomic E-state index is -3.77. The first-order valence-corrected chi connectivity index (χ1v) is 8.22. The number of aromatic nitrogens is 3. The third-order valence-corrected chi connectivity index (χ3v) is 5.05. The number of aliphatic hydroxyl groups is 1. The van der Waals surface area contributed by atoms with Crippen LogP contribution in [0, 0.1) is 0 Å². The topological polar surface area (TPSA) is 82.1 Å². The number of rotatable bonds is 3. The third-order valence-electron chi connectivity index (χ3n) is 5.05. The number of aromatic amines is 1. The highest BCUT2D eigenvalue weighted by Gasteiger charge is 2.60. The third kappa shape index (κ3) is 2.84. The van der Waals surface area contributed by atoms with Crippen LogP contribution in [0.25, 0.3) is 0 Å². The molecule has 23 heavy (non-hydrogen) atoms. The molecule has 0 bridgehead atoms. The lowest BCUT2D eigenvalue weighted by molar-refractivity contribution is -0.212. The average molecular weight is 328 g/mol. The summed E-state index contributed by atoms with van der Waals surface area (Å²) in [5.41, 5.74) is -2.23. The van der Waals surface area contributed by atoms with E-state index in [1.54, 1.807) is 0 Å². The molecule has 3 rings (SSSR count). The maximum absolute atomic E-state index is 14.8. The molecular formula is C15H22F2N4O2. The van der Waals surface area contributed by atoms with Crippen molar-refractivity contribution >= 4 is 5.91 Å². The standard InChI is InChI=1S/C15H22F2N4O2/c16-15(17,14(23)7-3-1-4-8-14)13(22)21-9-5-2-6-11(21)12-18-10-19-20-12/h10-11,23H,1-9H2,(H,18,19,20)/t11-/m1/s1. The fourth-order valence-electron chi connectivity index (χ4n) is 3.66. The number of carbonyl (C=O) groups is 1. The van der Waals surface area contributed by atoms with Crippen molar-refractivity contribution in [2.24, 2.45) is 0 Å². The van der Waals surface area contributed by atoms with Gasteiger partial charge in [-0.3, -0.25) is 9.89 Å². The lowest BCUT2D eigenvalue weighted by Gasteiger charge is -2.42. The molecule has 0 aromatic carbocycles. The molecule has 1 aromatic rings. The number of likely N-dealkylation sites (tertiary alicyclic amines) is 1. The van der Waals surface area contributed by atoms with E-state index in [2.05, 4.69) is 15.2 Å². The van der Waals surface area contributed by atoms with E-state index in [1.807, 2.05) is 0 Å². The molecule has 1 saturated carbocycles. The molecule has 6 nitrogen and oxygen atoms in total. The normalized spacial score (nSPS) is 25.3. The molecule has 2 aliphatic rings. The van der Waals surface area contributed by atoms with Crippen LogP contribution < -0.4 is 0 Å². The molecule has 0 spiro atoms. The van der Waals surface area contributed by atoms with Gasteiger partial charge in [0.25, 0.3) is 5.91 Å². The number of carbonyl (C=O) groups excluding carboxylic acids is 1. The van der Waals surface area contributed by atoms with Gasteiger partial charge in [0.1, 0.15) is 17.8 Å². The van der Waals surface area contributed by atoms with Gasteiger partial charge in [0, 0.05) is 6.54 Å². The summed E-state index contributed by atoms with van der Waals surface area (Å²) >= 11 is 0. The number of hydrogen-bond acceptors (Lipinski definition) is 4. The number of halogens is 2. The van der Waals surface area contributed by atoms with Gasteiger partial charge in [0.05, 0.1) is 6.04 Å². The first-order chi connectivity index (χ1) is 11.0. The summed E-state index contributed by atoms with van der Waals surface area (Å²) in [6.45, 7) is 0.246. The van der Waals surface area contributed by atoms with Gasteiger partial charge in [-0.1, -0.05) is 19.3 Å². The molecular weight excluding hydrogens is 306 g/mol. The summed E-state index contributed by atoms with van der Waals surface area (Å²) in [6.07, 6.45) is 5.16. The quantitative estimate of drug-likeness (QED) is 0.891. The van der Waals surface area contributed by atoms with Crippen molar-refractivity contribution in [3.63, 3.8) is 0 Å². The number of nitrogens with one attached hydrogen (secondary N) is 1. The monoisotopic (exact) mass is 328 g/mol. The largest absolute Gasteiger partial charge is 0.383 e. The van der Waals surface area contributed by atoms with Crippen LogP contribution in [-0.4, -0.2) is 49.2 Å². The summed E-state index contributed by atoms with van der Waals surface area (Å²) in [5.74, 6) is -4.64. The van der Waals surface area contributed by atoms with E-state index in [0.717, 1.165) is 17.7 Å². The fourth-order valence-corrected chi connectivity index (χ4v) is 3.66. The van der Waals surface area contributed by atoms with E-state index < -0.39 is 23.5 Å². The number of nitrogens with zero attached hydrogens (tertiary/aromatic N) is 3. The Morgan fingerprint density at radius 3 is 2.70 bits per heavy atom. The maximum atomic E-state index is 14.8. The molecule has 1 amide bonds. The highest BCUT2D eigenvalue weighted by Crippen LogP contribution is 2.43. The zero-order valence-corrected chi connectivity index (χ0v) is 13.0. The van der Waals surface area contributed by atoms with Crippen LogP contribution in [0.1, 0.15) is 63.2 Å². The molecule has 1 aliphatic carbocycles. The molecule has 1 aromatic heterocycles. The molecule has 1 aliphatic heterocycles. The molecule has 2 N–H and O–H groups in total. The number of alkyl halides is 2. The van der Waals surface area contributed by atoms with Gasteiger partial charge in [0.2, 0.25) is 0 Å². The lowest BCUT2D eigenvalue weighted by Crippen LogP contribution is -2.60. The van der Waals surface area contributed by atoms with Crippen LogP contribution in [0.3, 0.4) is 0 Å². The van der Waals surface area contributed by atoms with Crippen molar-refractivity contribution in [2.45, 2.75) is 68.9 Å². The summed E-state index contributed by atoms with van der Waals surface area (Å²) in [5, 5.41) is 16.8. The zero-order chi connectivity index (χ0) is 16.5. The van der Waals surface area contributed by atoms with Crippen LogP contribution in [0.15, 0.2) is 6.33 Å². The van der Waals surface area contributed by atoms with Gasteiger partial charge in [-0.15, -0.1) is 0 Å². The number of H-pyrrole nitrogens is 1. The zero-order valence-electron chi connectivity index (χ0n) is 13.0. The summed E-state index contributed by atoms with van der Waals surface area (Å²) in [7, 11) is 0. The summed E-state index contributed by atoms with van der Waals surface area (Å²) in [4.78, 5) is 17.8. The smallest absolute Gasteiger partial charge is 0.352 e. The van der Waals surface area contributed by atoms with Crippen LogP contribution in [0.2, 0.25) is 0 Å². The van der Waals surface area contributed by atoms with E-state index in [-0.39, 0.29) is 19.4 Å². The van der Waals surface area contributed by atoms with Gasteiger partial charge in [-0.05, 0) is 32.1 Å². The predicted octanol–water partition coefficient (Wildman–Crippen LogP) is 2.19. The lowest BCUT2D eigenvalue weighted by atomic mass is 9.79. The molecule has 0 radical (unpaired) electrons. The Bertz CT molecular complexity index is 544. The Balaban J connectivity index is 1.84. The van der Waals surface area contributed by atoms with Gasteiger partial charge >= 0.3 is 5.92 Å². The SMILES string of the molecule is O=C(N1CCCC[C@@H]1c1ncn[nH]1)C(F)(F)C1(O)CCCCC1. The van der Waals surface area contributed by atoms with Crippen molar-refractivity contribution in [3.05, 3.63) is 12.2 Å². The number of piperidine rings is 1. The molecule has 0 unspecified atom stereocenters. The maximum Gasteiger partial charge on any atom is 0.352 e. The summed E-state index contributed by atoms with van der Waals surface area (Å²) in [6, 6.07) is -0.531. The van der Waals surface area contributed by atoms with Gasteiger partial charge in [-0.2, -0.15) is 13.9 Å². The highest BCUT2D eigenvalue weighted by molar-refractivity contribution is 5.85. The second-order valence-corrected chi connectivity index (χ2v) is 6.55. The van der Waals surface area contributed by atoms with E-state index in [1.165, 1.54) is 6.33 Å². The van der Waals surface area contributed by atoms with Crippen molar-refractivity contribution in [1.29, 1.82) is 0 Å². The van der Waals surface area contributed by atoms with E-state index in [0.29, 0.717) is 31.5 Å². The van der Waals surface area contributed by atoms with Crippen LogP contribution >= 0.6 is 0 Å². The van der Waals surface area contributed by atoms with Crippen LogP contribution in [-0.2, 0) is 4.79 Å². The Hall–Kier alpha value is -1.57. The Morgan fingerprint density at radius 1 is 1.30 bits per heavy atom. The van der Waals surface area contributed by atoms with E-state index in [4.69, 9.17) is 0 Å². The molecule has 2 fully saturated rings. The Morgan fingerprint density at radius 2 is 2.04 bits per heavy atom. The molecule has 2 heterocycles. The number of amides is 1. The van der Waals surface area contributed by atoms with E-state index >= 15 is 0 Å². The van der Waals surface area contributed by atoms with E-state index in [9.17, 15) is 18.7 Å². The van der Waals surface area contributed by atoms with Crippen LogP contribution in [0.5, 0.6) is 0 Å². The first-order valence-electron chi connectivity index (χ1n) is 8.22. The molecule has 128 valence electrons. The minimum Gasteiger partial charge on any atom is -0.383 e. The van der Waals surface area contributed by atoms with Gasteiger partial charge in [0.15, 0.2) is 0 Å². The van der Waals surface area contributed by atoms with Gasteiger partial charge in [-0.25, -0.2) is 4.98 Å². The predicted molar refractivity (Wildman–Crippen MR) is 77.7 cm³/mol.